The van der Waals surface area contributed by atoms with Crippen molar-refractivity contribution in [1.29, 1.82) is 0 Å². The largest absolute Gasteiger partial charge is 0.493 e. The number of carbonyl (C=O) groups is 1. The molecule has 0 atom stereocenters. The molecule has 0 unspecified atom stereocenters. The second-order valence-electron chi connectivity index (χ2n) is 7.71. The molecule has 0 amide bonds. The molecule has 6 heteroatoms. The standard InChI is InChI=1S/C29H25FO5/c1-32-25-17-24(29(31)35-20-23-15-9-4-10-16-23)26(30)28(34-19-22-13-7-3-8-14-22)27(25)33-18-21-11-5-2-6-12-21/h2-17H,18-20H2,1H3. The molecular formula is C29H25FO5. The molecule has 0 heterocycles. The van der Waals surface area contributed by atoms with Crippen LogP contribution in [0.3, 0.4) is 0 Å². The molecule has 0 saturated heterocycles. The highest BCUT2D eigenvalue weighted by Gasteiger charge is 2.27. The second-order valence-corrected chi connectivity index (χ2v) is 7.71. The highest BCUT2D eigenvalue weighted by molar-refractivity contribution is 5.91. The Hall–Kier alpha value is -4.32. The summed E-state index contributed by atoms with van der Waals surface area (Å²) in [5.41, 5.74) is 2.21. The number of esters is 1. The molecule has 0 fully saturated rings. The summed E-state index contributed by atoms with van der Waals surface area (Å²) in [6.07, 6.45) is 0. The van der Waals surface area contributed by atoms with Crippen molar-refractivity contribution in [2.75, 3.05) is 7.11 Å². The molecule has 0 aromatic heterocycles. The molecule has 0 aliphatic rings. The Bertz CT molecular complexity index is 1240. The van der Waals surface area contributed by atoms with E-state index in [1.807, 2.05) is 91.0 Å². The zero-order chi connectivity index (χ0) is 24.5. The minimum Gasteiger partial charge on any atom is -0.493 e. The van der Waals surface area contributed by atoms with Crippen LogP contribution in [-0.2, 0) is 24.6 Å². The van der Waals surface area contributed by atoms with E-state index in [1.165, 1.54) is 13.2 Å². The average Bonchev–Trinajstić information content (AvgIpc) is 2.91. The highest BCUT2D eigenvalue weighted by Crippen LogP contribution is 2.42. The fourth-order valence-electron chi connectivity index (χ4n) is 3.42. The van der Waals surface area contributed by atoms with Crippen LogP contribution in [0.5, 0.6) is 17.2 Å². The molecule has 4 rings (SSSR count). The van der Waals surface area contributed by atoms with Crippen LogP contribution in [-0.4, -0.2) is 13.1 Å². The van der Waals surface area contributed by atoms with Crippen LogP contribution in [0.25, 0.3) is 0 Å². The molecule has 35 heavy (non-hydrogen) atoms. The zero-order valence-electron chi connectivity index (χ0n) is 19.3. The summed E-state index contributed by atoms with van der Waals surface area (Å²) >= 11 is 0. The lowest BCUT2D eigenvalue weighted by atomic mass is 10.1. The third kappa shape index (κ3) is 6.18. The van der Waals surface area contributed by atoms with Crippen molar-refractivity contribution in [1.82, 2.24) is 0 Å². The number of hydrogen-bond donors (Lipinski definition) is 0. The van der Waals surface area contributed by atoms with E-state index in [2.05, 4.69) is 0 Å². The van der Waals surface area contributed by atoms with Crippen molar-refractivity contribution in [2.24, 2.45) is 0 Å². The van der Waals surface area contributed by atoms with Gasteiger partial charge in [0, 0.05) is 6.07 Å². The number of ether oxygens (including phenoxy) is 4. The first-order valence-electron chi connectivity index (χ1n) is 11.1. The van der Waals surface area contributed by atoms with Gasteiger partial charge in [0.15, 0.2) is 11.6 Å². The van der Waals surface area contributed by atoms with Crippen LogP contribution in [0.2, 0.25) is 0 Å². The molecule has 0 spiro atoms. The van der Waals surface area contributed by atoms with E-state index in [4.69, 9.17) is 18.9 Å². The predicted octanol–water partition coefficient (Wildman–Crippen LogP) is 6.35. The van der Waals surface area contributed by atoms with Crippen LogP contribution in [0.1, 0.15) is 27.0 Å². The maximum Gasteiger partial charge on any atom is 0.341 e. The number of halogens is 1. The van der Waals surface area contributed by atoms with Gasteiger partial charge in [0.2, 0.25) is 11.5 Å². The third-order valence-corrected chi connectivity index (χ3v) is 5.25. The number of rotatable bonds is 10. The van der Waals surface area contributed by atoms with E-state index >= 15 is 4.39 Å². The van der Waals surface area contributed by atoms with Gasteiger partial charge < -0.3 is 18.9 Å². The second kappa shape index (κ2) is 11.7. The summed E-state index contributed by atoms with van der Waals surface area (Å²) in [4.78, 5) is 12.8. The number of methoxy groups -OCH3 is 1. The predicted molar refractivity (Wildman–Crippen MR) is 130 cm³/mol. The molecule has 5 nitrogen and oxygen atoms in total. The van der Waals surface area contributed by atoms with Crippen molar-refractivity contribution in [2.45, 2.75) is 19.8 Å². The summed E-state index contributed by atoms with van der Waals surface area (Å²) < 4.78 is 38.3. The Morgan fingerprint density at radius 2 is 1.14 bits per heavy atom. The van der Waals surface area contributed by atoms with Gasteiger partial charge >= 0.3 is 5.97 Å². The number of benzene rings is 4. The van der Waals surface area contributed by atoms with Crippen LogP contribution in [0, 0.1) is 5.82 Å². The molecule has 0 radical (unpaired) electrons. The summed E-state index contributed by atoms with van der Waals surface area (Å²) in [5, 5.41) is 0. The van der Waals surface area contributed by atoms with Gasteiger partial charge in [-0.25, -0.2) is 9.18 Å². The molecule has 0 saturated carbocycles. The molecule has 0 aliphatic heterocycles. The molecule has 0 bridgehead atoms. The van der Waals surface area contributed by atoms with E-state index in [-0.39, 0.29) is 42.6 Å². The normalized spacial score (nSPS) is 10.5. The quantitative estimate of drug-likeness (QED) is 0.252. The molecular weight excluding hydrogens is 447 g/mol. The SMILES string of the molecule is COc1cc(C(=O)OCc2ccccc2)c(F)c(OCc2ccccc2)c1OCc1ccccc1. The smallest absolute Gasteiger partial charge is 0.341 e. The highest BCUT2D eigenvalue weighted by atomic mass is 19.1. The summed E-state index contributed by atoms with van der Waals surface area (Å²) in [7, 11) is 1.42. The van der Waals surface area contributed by atoms with Crippen molar-refractivity contribution < 1.29 is 28.1 Å². The number of hydrogen-bond acceptors (Lipinski definition) is 5. The van der Waals surface area contributed by atoms with Gasteiger partial charge in [-0.2, -0.15) is 0 Å². The van der Waals surface area contributed by atoms with Crippen LogP contribution in [0.15, 0.2) is 97.1 Å². The average molecular weight is 473 g/mol. The van der Waals surface area contributed by atoms with Gasteiger partial charge in [-0.1, -0.05) is 91.0 Å². The maximum atomic E-state index is 15.7. The summed E-state index contributed by atoms with van der Waals surface area (Å²) in [6, 6.07) is 29.2. The van der Waals surface area contributed by atoms with Crippen molar-refractivity contribution in [3.8, 4) is 17.2 Å². The van der Waals surface area contributed by atoms with Gasteiger partial charge in [-0.3, -0.25) is 0 Å². The Balaban J connectivity index is 1.64. The van der Waals surface area contributed by atoms with Gasteiger partial charge in [0.25, 0.3) is 0 Å². The summed E-state index contributed by atoms with van der Waals surface area (Å²) in [6.45, 7) is 0.245. The minimum atomic E-state index is -0.872. The molecule has 178 valence electrons. The van der Waals surface area contributed by atoms with E-state index in [1.54, 1.807) is 0 Å². The number of carbonyl (C=O) groups excluding carboxylic acids is 1. The fourth-order valence-corrected chi connectivity index (χ4v) is 3.42. The Morgan fingerprint density at radius 1 is 0.686 bits per heavy atom. The first-order valence-corrected chi connectivity index (χ1v) is 11.1. The van der Waals surface area contributed by atoms with Crippen molar-refractivity contribution in [3.63, 3.8) is 0 Å². The molecule has 4 aromatic carbocycles. The van der Waals surface area contributed by atoms with E-state index in [0.717, 1.165) is 16.7 Å². The van der Waals surface area contributed by atoms with Crippen molar-refractivity contribution in [3.05, 3.63) is 125 Å². The fraction of sp³-hybridized carbons (Fsp3) is 0.138. The molecule has 0 aliphatic carbocycles. The first kappa shape index (κ1) is 23.8. The zero-order valence-corrected chi connectivity index (χ0v) is 19.3. The lowest BCUT2D eigenvalue weighted by Gasteiger charge is -2.18. The van der Waals surface area contributed by atoms with Gasteiger partial charge in [-0.15, -0.1) is 0 Å². The van der Waals surface area contributed by atoms with Gasteiger partial charge in [0.05, 0.1) is 7.11 Å². The topological polar surface area (TPSA) is 54.0 Å². The van der Waals surface area contributed by atoms with E-state index in [9.17, 15) is 4.79 Å². The minimum absolute atomic E-state index is 0.00783. The van der Waals surface area contributed by atoms with Crippen LogP contribution in [0.4, 0.5) is 4.39 Å². The Labute approximate surface area is 203 Å². The van der Waals surface area contributed by atoms with Crippen molar-refractivity contribution >= 4 is 5.97 Å². The molecule has 0 N–H and O–H groups in total. The van der Waals surface area contributed by atoms with Crippen LogP contribution < -0.4 is 14.2 Å². The monoisotopic (exact) mass is 472 g/mol. The first-order chi connectivity index (χ1) is 17.2. The molecule has 4 aromatic rings. The third-order valence-electron chi connectivity index (χ3n) is 5.25. The van der Waals surface area contributed by atoms with E-state index in [0.29, 0.717) is 0 Å². The Kier molecular flexibility index (Phi) is 7.96. The maximum absolute atomic E-state index is 15.7. The van der Waals surface area contributed by atoms with E-state index < -0.39 is 11.8 Å². The lowest BCUT2D eigenvalue weighted by molar-refractivity contribution is 0.0465. The van der Waals surface area contributed by atoms with Gasteiger partial charge in [-0.05, 0) is 16.7 Å². The van der Waals surface area contributed by atoms with Gasteiger partial charge in [0.1, 0.15) is 25.4 Å². The Morgan fingerprint density at radius 3 is 1.63 bits per heavy atom. The lowest BCUT2D eigenvalue weighted by Crippen LogP contribution is -2.11. The van der Waals surface area contributed by atoms with Crippen LogP contribution >= 0.6 is 0 Å². The summed E-state index contributed by atoms with van der Waals surface area (Å²) in [5.74, 6) is -1.68.